The van der Waals surface area contributed by atoms with Crippen molar-refractivity contribution in [3.05, 3.63) is 47.5 Å². The SMILES string of the molecule is COc1ccc(CC(C)NCCc2ccc3c(c2)OCCO3)cc1OC. The van der Waals surface area contributed by atoms with E-state index in [0.717, 1.165) is 42.4 Å². The maximum atomic E-state index is 5.64. The second-order valence-corrected chi connectivity index (χ2v) is 6.48. The summed E-state index contributed by atoms with van der Waals surface area (Å²) in [6.07, 6.45) is 1.88. The molecule has 0 aromatic heterocycles. The average molecular weight is 357 g/mol. The first-order valence-corrected chi connectivity index (χ1v) is 9.02. The number of fused-ring (bicyclic) bond motifs is 1. The van der Waals surface area contributed by atoms with Gasteiger partial charge < -0.3 is 24.3 Å². The predicted octanol–water partition coefficient (Wildman–Crippen LogP) is 3.24. The summed E-state index contributed by atoms with van der Waals surface area (Å²) >= 11 is 0. The normalized spacial score (nSPS) is 14.0. The summed E-state index contributed by atoms with van der Waals surface area (Å²) < 4.78 is 21.9. The maximum absolute atomic E-state index is 5.64. The van der Waals surface area contributed by atoms with Gasteiger partial charge in [-0.1, -0.05) is 12.1 Å². The Bertz CT molecular complexity index is 732. The molecule has 0 bridgehead atoms. The molecule has 5 nitrogen and oxygen atoms in total. The van der Waals surface area contributed by atoms with Gasteiger partial charge in [0.15, 0.2) is 23.0 Å². The fourth-order valence-electron chi connectivity index (χ4n) is 3.14. The van der Waals surface area contributed by atoms with Gasteiger partial charge in [0, 0.05) is 6.04 Å². The number of ether oxygens (including phenoxy) is 4. The lowest BCUT2D eigenvalue weighted by atomic mass is 10.1. The number of nitrogens with one attached hydrogen (secondary N) is 1. The molecule has 1 atom stereocenters. The van der Waals surface area contributed by atoms with Crippen LogP contribution in [0.5, 0.6) is 23.0 Å². The van der Waals surface area contributed by atoms with E-state index in [2.05, 4.69) is 30.4 Å². The Kier molecular flexibility index (Phi) is 6.23. The van der Waals surface area contributed by atoms with Gasteiger partial charge in [-0.15, -0.1) is 0 Å². The molecule has 2 aromatic carbocycles. The fraction of sp³-hybridized carbons (Fsp3) is 0.429. The minimum Gasteiger partial charge on any atom is -0.493 e. The summed E-state index contributed by atoms with van der Waals surface area (Å²) in [5, 5.41) is 3.58. The van der Waals surface area contributed by atoms with Crippen LogP contribution in [-0.4, -0.2) is 40.0 Å². The monoisotopic (exact) mass is 357 g/mol. The van der Waals surface area contributed by atoms with Crippen LogP contribution in [0.1, 0.15) is 18.1 Å². The Balaban J connectivity index is 1.49. The van der Waals surface area contributed by atoms with Crippen LogP contribution in [0.4, 0.5) is 0 Å². The summed E-state index contributed by atoms with van der Waals surface area (Å²) in [5.74, 6) is 3.23. The maximum Gasteiger partial charge on any atom is 0.161 e. The molecule has 2 aromatic rings. The van der Waals surface area contributed by atoms with E-state index in [-0.39, 0.29) is 0 Å². The smallest absolute Gasteiger partial charge is 0.161 e. The predicted molar refractivity (Wildman–Crippen MR) is 102 cm³/mol. The molecule has 0 saturated heterocycles. The Morgan fingerprint density at radius 1 is 0.923 bits per heavy atom. The van der Waals surface area contributed by atoms with Crippen molar-refractivity contribution in [2.75, 3.05) is 34.0 Å². The second kappa shape index (κ2) is 8.81. The molecule has 1 unspecified atom stereocenters. The van der Waals surface area contributed by atoms with Crippen LogP contribution >= 0.6 is 0 Å². The van der Waals surface area contributed by atoms with Crippen molar-refractivity contribution in [1.29, 1.82) is 0 Å². The van der Waals surface area contributed by atoms with Crippen molar-refractivity contribution < 1.29 is 18.9 Å². The molecule has 1 aliphatic rings. The molecule has 1 heterocycles. The van der Waals surface area contributed by atoms with Gasteiger partial charge in [0.05, 0.1) is 14.2 Å². The Labute approximate surface area is 155 Å². The molecule has 1 N–H and O–H groups in total. The van der Waals surface area contributed by atoms with E-state index in [9.17, 15) is 0 Å². The van der Waals surface area contributed by atoms with Crippen LogP contribution in [0.25, 0.3) is 0 Å². The number of rotatable bonds is 8. The minimum absolute atomic E-state index is 0.366. The number of hydrogen-bond acceptors (Lipinski definition) is 5. The third kappa shape index (κ3) is 4.61. The highest BCUT2D eigenvalue weighted by Crippen LogP contribution is 2.31. The fourth-order valence-corrected chi connectivity index (χ4v) is 3.14. The van der Waals surface area contributed by atoms with Gasteiger partial charge in [0.25, 0.3) is 0 Å². The molecule has 0 fully saturated rings. The quantitative estimate of drug-likeness (QED) is 0.786. The van der Waals surface area contributed by atoms with E-state index >= 15 is 0 Å². The molecule has 3 rings (SSSR count). The zero-order valence-electron chi connectivity index (χ0n) is 15.7. The molecule has 0 saturated carbocycles. The van der Waals surface area contributed by atoms with Gasteiger partial charge in [-0.25, -0.2) is 0 Å². The molecule has 0 spiro atoms. The number of methoxy groups -OCH3 is 2. The van der Waals surface area contributed by atoms with Crippen LogP contribution in [0.2, 0.25) is 0 Å². The van der Waals surface area contributed by atoms with Crippen LogP contribution in [0.3, 0.4) is 0 Å². The van der Waals surface area contributed by atoms with E-state index in [1.807, 2.05) is 18.2 Å². The van der Waals surface area contributed by atoms with Crippen molar-refractivity contribution in [3.63, 3.8) is 0 Å². The van der Waals surface area contributed by atoms with Crippen molar-refractivity contribution in [2.45, 2.75) is 25.8 Å². The van der Waals surface area contributed by atoms with Gasteiger partial charge in [-0.2, -0.15) is 0 Å². The second-order valence-electron chi connectivity index (χ2n) is 6.48. The van der Waals surface area contributed by atoms with Gasteiger partial charge in [-0.3, -0.25) is 0 Å². The lowest BCUT2D eigenvalue weighted by Crippen LogP contribution is -2.30. The summed E-state index contributed by atoms with van der Waals surface area (Å²) in [6, 6.07) is 12.6. The Morgan fingerprint density at radius 2 is 1.65 bits per heavy atom. The van der Waals surface area contributed by atoms with Crippen molar-refractivity contribution in [1.82, 2.24) is 5.32 Å². The van der Waals surface area contributed by atoms with Crippen molar-refractivity contribution in [3.8, 4) is 23.0 Å². The van der Waals surface area contributed by atoms with Crippen LogP contribution in [-0.2, 0) is 12.8 Å². The lowest BCUT2D eigenvalue weighted by molar-refractivity contribution is 0.171. The van der Waals surface area contributed by atoms with E-state index < -0.39 is 0 Å². The summed E-state index contributed by atoms with van der Waals surface area (Å²) in [7, 11) is 3.32. The average Bonchev–Trinajstić information content (AvgIpc) is 2.67. The standard InChI is InChI=1S/C21H27NO4/c1-15(12-17-5-6-18(23-2)20(14-17)24-3)22-9-8-16-4-7-19-21(13-16)26-11-10-25-19/h4-7,13-15,22H,8-12H2,1-3H3. The van der Waals surface area contributed by atoms with Crippen molar-refractivity contribution >= 4 is 0 Å². The largest absolute Gasteiger partial charge is 0.493 e. The van der Waals surface area contributed by atoms with Crippen molar-refractivity contribution in [2.24, 2.45) is 0 Å². The lowest BCUT2D eigenvalue weighted by Gasteiger charge is -2.19. The van der Waals surface area contributed by atoms with Gasteiger partial charge in [0.2, 0.25) is 0 Å². The first kappa shape index (κ1) is 18.4. The van der Waals surface area contributed by atoms with Crippen LogP contribution < -0.4 is 24.3 Å². The van der Waals surface area contributed by atoms with Gasteiger partial charge in [0.1, 0.15) is 13.2 Å². The third-order valence-electron chi connectivity index (χ3n) is 4.50. The summed E-state index contributed by atoms with van der Waals surface area (Å²) in [6.45, 7) is 4.35. The van der Waals surface area contributed by atoms with E-state index in [4.69, 9.17) is 18.9 Å². The Hall–Kier alpha value is -2.40. The topological polar surface area (TPSA) is 49.0 Å². The molecule has 26 heavy (non-hydrogen) atoms. The molecular weight excluding hydrogens is 330 g/mol. The van der Waals surface area contributed by atoms with Gasteiger partial charge in [-0.05, 0) is 61.7 Å². The Morgan fingerprint density at radius 3 is 2.42 bits per heavy atom. The molecule has 1 aliphatic heterocycles. The van der Waals surface area contributed by atoms with E-state index in [1.54, 1.807) is 14.2 Å². The number of benzene rings is 2. The van der Waals surface area contributed by atoms with E-state index in [1.165, 1.54) is 11.1 Å². The third-order valence-corrected chi connectivity index (χ3v) is 4.50. The summed E-state index contributed by atoms with van der Waals surface area (Å²) in [4.78, 5) is 0. The van der Waals surface area contributed by atoms with E-state index in [0.29, 0.717) is 19.3 Å². The number of hydrogen-bond donors (Lipinski definition) is 1. The van der Waals surface area contributed by atoms with Crippen LogP contribution in [0.15, 0.2) is 36.4 Å². The highest BCUT2D eigenvalue weighted by atomic mass is 16.6. The highest BCUT2D eigenvalue weighted by Gasteiger charge is 2.12. The zero-order chi connectivity index (χ0) is 18.4. The molecule has 0 radical (unpaired) electrons. The molecule has 0 amide bonds. The molecular formula is C21H27NO4. The molecule has 0 aliphatic carbocycles. The zero-order valence-corrected chi connectivity index (χ0v) is 15.7. The summed E-state index contributed by atoms with van der Waals surface area (Å²) in [5.41, 5.74) is 2.47. The van der Waals surface area contributed by atoms with Crippen LogP contribution in [0, 0.1) is 0 Å². The highest BCUT2D eigenvalue weighted by molar-refractivity contribution is 5.44. The molecule has 140 valence electrons. The first-order chi connectivity index (χ1) is 12.7. The first-order valence-electron chi connectivity index (χ1n) is 9.02. The van der Waals surface area contributed by atoms with Gasteiger partial charge >= 0.3 is 0 Å². The molecule has 5 heteroatoms. The minimum atomic E-state index is 0.366.